The van der Waals surface area contributed by atoms with E-state index in [1.54, 1.807) is 24.3 Å². The van der Waals surface area contributed by atoms with Crippen LogP contribution in [-0.4, -0.2) is 39.2 Å². The molecule has 0 radical (unpaired) electrons. The second kappa shape index (κ2) is 6.15. The van der Waals surface area contributed by atoms with Crippen molar-refractivity contribution >= 4 is 11.9 Å². The van der Waals surface area contributed by atoms with E-state index in [0.717, 1.165) is 18.5 Å². The number of amides is 1. The number of hydrogen-bond donors (Lipinski definition) is 5. The Bertz CT molecular complexity index is 807. The lowest BCUT2D eigenvalue weighted by molar-refractivity contribution is -0.133. The van der Waals surface area contributed by atoms with Gasteiger partial charge in [0.1, 0.15) is 5.82 Å². The first-order valence-corrected chi connectivity index (χ1v) is 8.20. The monoisotopic (exact) mass is 357 g/mol. The fourth-order valence-corrected chi connectivity index (χ4v) is 2.66. The molecule has 1 aliphatic carbocycles. The van der Waals surface area contributed by atoms with E-state index in [2.05, 4.69) is 21.7 Å². The molecule has 1 fully saturated rings. The van der Waals surface area contributed by atoms with Crippen LogP contribution in [0, 0.1) is 5.92 Å². The maximum Gasteiger partial charge on any atom is 0.356 e. The largest absolute Gasteiger partial charge is 0.476 e. The van der Waals surface area contributed by atoms with Gasteiger partial charge in [0, 0.05) is 25.2 Å². The summed E-state index contributed by atoms with van der Waals surface area (Å²) in [4.78, 5) is 23.6. The minimum Gasteiger partial charge on any atom is -0.476 e. The van der Waals surface area contributed by atoms with Crippen molar-refractivity contribution in [3.8, 4) is 0 Å². The number of carbonyl (C=O) groups excluding carboxylic acids is 1. The first-order chi connectivity index (χ1) is 12.5. The summed E-state index contributed by atoms with van der Waals surface area (Å²) < 4.78 is 0. The van der Waals surface area contributed by atoms with Crippen LogP contribution >= 0.6 is 0 Å². The SMILES string of the molecule is CN1NC(C(=O)O)=C(NN2C=C3C=CC=CN3N2)C=C1NC(=O)C1CC1. The van der Waals surface area contributed by atoms with Gasteiger partial charge in [-0.2, -0.15) is 0 Å². The number of nitrogens with zero attached hydrogens (tertiary/aromatic N) is 3. The van der Waals surface area contributed by atoms with Gasteiger partial charge in [-0.25, -0.2) is 9.91 Å². The van der Waals surface area contributed by atoms with Gasteiger partial charge in [0.05, 0.1) is 17.6 Å². The predicted molar refractivity (Wildman–Crippen MR) is 90.8 cm³/mol. The van der Waals surface area contributed by atoms with Crippen LogP contribution < -0.4 is 21.7 Å². The molecular formula is C16H19N7O3. The van der Waals surface area contributed by atoms with Crippen LogP contribution in [0.1, 0.15) is 12.8 Å². The average molecular weight is 357 g/mol. The Morgan fingerprint density at radius 3 is 2.81 bits per heavy atom. The topological polar surface area (TPSA) is 112 Å². The summed E-state index contributed by atoms with van der Waals surface area (Å²) in [6.45, 7) is 0. The second-order valence-electron chi connectivity index (χ2n) is 6.26. The molecule has 0 spiro atoms. The highest BCUT2D eigenvalue weighted by molar-refractivity contribution is 5.88. The number of hydrogen-bond acceptors (Lipinski definition) is 8. The van der Waals surface area contributed by atoms with Crippen LogP contribution in [-0.2, 0) is 9.59 Å². The fourth-order valence-electron chi connectivity index (χ4n) is 2.66. The molecule has 0 atom stereocenters. The third-order valence-electron chi connectivity index (χ3n) is 4.21. The Hall–Kier alpha value is -3.40. The third kappa shape index (κ3) is 3.09. The molecule has 5 N–H and O–H groups in total. The van der Waals surface area contributed by atoms with Crippen molar-refractivity contribution in [1.29, 1.82) is 0 Å². The molecule has 4 aliphatic rings. The average Bonchev–Trinajstić information content (AvgIpc) is 3.37. The van der Waals surface area contributed by atoms with E-state index < -0.39 is 5.97 Å². The van der Waals surface area contributed by atoms with Gasteiger partial charge in [-0.05, 0) is 25.0 Å². The molecule has 0 aromatic heterocycles. The maximum absolute atomic E-state index is 12.0. The van der Waals surface area contributed by atoms with Gasteiger partial charge in [0.15, 0.2) is 5.70 Å². The molecule has 0 bridgehead atoms. The summed E-state index contributed by atoms with van der Waals surface area (Å²) in [6.07, 6.45) is 12.7. The lowest BCUT2D eigenvalue weighted by atomic mass is 10.2. The van der Waals surface area contributed by atoms with Crippen LogP contribution in [0.5, 0.6) is 0 Å². The zero-order valence-electron chi connectivity index (χ0n) is 14.1. The molecule has 3 aliphatic heterocycles. The Morgan fingerprint density at radius 1 is 1.31 bits per heavy atom. The quantitative estimate of drug-likeness (QED) is 0.447. The Kier molecular flexibility index (Phi) is 3.81. The summed E-state index contributed by atoms with van der Waals surface area (Å²) in [5, 5.41) is 17.1. The molecule has 1 saturated carbocycles. The van der Waals surface area contributed by atoms with Gasteiger partial charge in [0.25, 0.3) is 0 Å². The van der Waals surface area contributed by atoms with Crippen LogP contribution in [0.15, 0.2) is 59.6 Å². The van der Waals surface area contributed by atoms with E-state index in [9.17, 15) is 14.7 Å². The first-order valence-electron chi connectivity index (χ1n) is 8.20. The predicted octanol–water partition coefficient (Wildman–Crippen LogP) is -0.433. The van der Waals surface area contributed by atoms with Gasteiger partial charge >= 0.3 is 5.97 Å². The van der Waals surface area contributed by atoms with Crippen molar-refractivity contribution in [3.05, 3.63) is 59.6 Å². The number of nitrogens with one attached hydrogen (secondary N) is 4. The van der Waals surface area contributed by atoms with Crippen LogP contribution in [0.2, 0.25) is 0 Å². The number of fused-ring (bicyclic) bond motifs is 1. The van der Waals surface area contributed by atoms with Gasteiger partial charge < -0.3 is 10.4 Å². The molecule has 0 saturated heterocycles. The Morgan fingerprint density at radius 2 is 2.12 bits per heavy atom. The zero-order valence-corrected chi connectivity index (χ0v) is 14.1. The fraction of sp³-hybridized carbons (Fsp3) is 0.250. The number of carboxylic acids is 1. The van der Waals surface area contributed by atoms with E-state index in [-0.39, 0.29) is 17.5 Å². The number of carboxylic acid groups (broad SMARTS) is 1. The molecule has 0 aromatic rings. The molecule has 0 aromatic carbocycles. The lowest BCUT2D eigenvalue weighted by Crippen LogP contribution is -2.50. The van der Waals surface area contributed by atoms with Crippen molar-refractivity contribution in [3.63, 3.8) is 0 Å². The molecule has 3 heterocycles. The van der Waals surface area contributed by atoms with E-state index in [4.69, 9.17) is 0 Å². The smallest absolute Gasteiger partial charge is 0.356 e. The van der Waals surface area contributed by atoms with Gasteiger partial charge in [-0.1, -0.05) is 6.08 Å². The molecule has 26 heavy (non-hydrogen) atoms. The number of rotatable bonds is 5. The summed E-state index contributed by atoms with van der Waals surface area (Å²) in [5.41, 5.74) is 9.96. The normalized spacial score (nSPS) is 21.2. The van der Waals surface area contributed by atoms with E-state index in [1.165, 1.54) is 10.1 Å². The molecule has 4 rings (SSSR count). The minimum atomic E-state index is -1.12. The van der Waals surface area contributed by atoms with Crippen molar-refractivity contribution in [1.82, 2.24) is 36.8 Å². The zero-order chi connectivity index (χ0) is 18.3. The highest BCUT2D eigenvalue weighted by Gasteiger charge is 2.32. The highest BCUT2D eigenvalue weighted by Crippen LogP contribution is 2.29. The third-order valence-corrected chi connectivity index (χ3v) is 4.21. The van der Waals surface area contributed by atoms with Crippen molar-refractivity contribution < 1.29 is 14.7 Å². The van der Waals surface area contributed by atoms with Crippen molar-refractivity contribution in [2.75, 3.05) is 7.05 Å². The molecule has 0 unspecified atom stereocenters. The van der Waals surface area contributed by atoms with Gasteiger partial charge in [-0.3, -0.25) is 25.7 Å². The summed E-state index contributed by atoms with van der Waals surface area (Å²) in [5.74, 6) is -0.659. The minimum absolute atomic E-state index is 0.0342. The maximum atomic E-state index is 12.0. The van der Waals surface area contributed by atoms with Gasteiger partial charge in [-0.15, -0.1) is 5.53 Å². The van der Waals surface area contributed by atoms with Crippen LogP contribution in [0.3, 0.4) is 0 Å². The molecule has 10 nitrogen and oxygen atoms in total. The van der Waals surface area contributed by atoms with Gasteiger partial charge in [0.2, 0.25) is 5.91 Å². The molecular weight excluding hydrogens is 338 g/mol. The number of carbonyl (C=O) groups is 2. The second-order valence-corrected chi connectivity index (χ2v) is 6.26. The number of allylic oxidation sites excluding steroid dienone is 4. The van der Waals surface area contributed by atoms with Crippen molar-refractivity contribution in [2.45, 2.75) is 12.8 Å². The van der Waals surface area contributed by atoms with E-state index in [1.807, 2.05) is 24.4 Å². The summed E-state index contributed by atoms with van der Waals surface area (Å²) in [7, 11) is 1.64. The number of hydrazine groups is 4. The van der Waals surface area contributed by atoms with Crippen LogP contribution in [0.4, 0.5) is 0 Å². The summed E-state index contributed by atoms with van der Waals surface area (Å²) in [6, 6.07) is 0. The Balaban J connectivity index is 1.55. The first kappa shape index (κ1) is 16.1. The van der Waals surface area contributed by atoms with Crippen molar-refractivity contribution in [2.24, 2.45) is 5.92 Å². The molecule has 1 amide bonds. The van der Waals surface area contributed by atoms with E-state index in [0.29, 0.717) is 11.5 Å². The lowest BCUT2D eigenvalue weighted by Gasteiger charge is -2.32. The highest BCUT2D eigenvalue weighted by atomic mass is 16.4. The van der Waals surface area contributed by atoms with Crippen LogP contribution in [0.25, 0.3) is 0 Å². The molecule has 136 valence electrons. The Labute approximate surface area is 149 Å². The molecule has 10 heteroatoms. The van der Waals surface area contributed by atoms with E-state index >= 15 is 0 Å². The standard InChI is InChI=1S/C16H19N7O3/c1-21-13(17-15(24)10-5-6-10)8-12(14(19-21)16(25)26)18-23-9-11-4-2-3-7-22(11)20-23/h2-4,7-10,18-20H,5-6H2,1H3,(H,17,24)(H,25,26). The summed E-state index contributed by atoms with van der Waals surface area (Å²) >= 11 is 0. The number of aliphatic carboxylic acids is 1.